The zero-order chi connectivity index (χ0) is 16.7. The number of hydrogen-bond donors (Lipinski definition) is 1. The van der Waals surface area contributed by atoms with E-state index in [0.29, 0.717) is 11.6 Å². The number of rotatable bonds is 1. The van der Waals surface area contributed by atoms with Gasteiger partial charge in [-0.1, -0.05) is 36.0 Å². The van der Waals surface area contributed by atoms with Crippen LogP contribution in [0.1, 0.15) is 11.6 Å². The molecule has 2 amide bonds. The van der Waals surface area contributed by atoms with Gasteiger partial charge in [-0.2, -0.15) is 0 Å². The standard InChI is InChI=1S/C17H15N5OS.ClH/c1-11-18-19-12(2)22(11)20-17(23)21-13-7-3-5-9-15(13)24-16-10-6-4-8-14(16)21;/h3-10H,1-2H3,(H,20,23);1H. The van der Waals surface area contributed by atoms with Gasteiger partial charge in [-0.25, -0.2) is 14.9 Å². The van der Waals surface area contributed by atoms with Crippen LogP contribution in [0.4, 0.5) is 16.2 Å². The Labute approximate surface area is 155 Å². The van der Waals surface area contributed by atoms with Gasteiger partial charge >= 0.3 is 6.03 Å². The van der Waals surface area contributed by atoms with Crippen molar-refractivity contribution in [2.75, 3.05) is 10.3 Å². The predicted molar refractivity (Wildman–Crippen MR) is 101 cm³/mol. The van der Waals surface area contributed by atoms with Crippen molar-refractivity contribution < 1.29 is 4.79 Å². The van der Waals surface area contributed by atoms with Crippen LogP contribution in [0.25, 0.3) is 0 Å². The Kier molecular flexibility index (Phi) is 4.69. The maximum Gasteiger partial charge on any atom is 0.345 e. The number of carbonyl (C=O) groups excluding carboxylic acids is 1. The summed E-state index contributed by atoms with van der Waals surface area (Å²) >= 11 is 1.66. The van der Waals surface area contributed by atoms with Crippen LogP contribution in [-0.4, -0.2) is 20.9 Å². The molecule has 1 aliphatic rings. The molecule has 8 heteroatoms. The highest BCUT2D eigenvalue weighted by molar-refractivity contribution is 7.99. The van der Waals surface area contributed by atoms with Gasteiger partial charge in [-0.15, -0.1) is 22.6 Å². The van der Waals surface area contributed by atoms with Gasteiger partial charge in [0.1, 0.15) is 11.6 Å². The average Bonchev–Trinajstić information content (AvgIpc) is 2.91. The van der Waals surface area contributed by atoms with E-state index in [1.165, 1.54) is 0 Å². The molecule has 0 atom stereocenters. The topological polar surface area (TPSA) is 63.1 Å². The number of nitrogens with one attached hydrogen (secondary N) is 1. The number of aromatic nitrogens is 3. The summed E-state index contributed by atoms with van der Waals surface area (Å²) < 4.78 is 1.59. The minimum atomic E-state index is -0.249. The lowest BCUT2D eigenvalue weighted by molar-refractivity contribution is 0.256. The number of aryl methyl sites for hydroxylation is 2. The SMILES string of the molecule is Cc1nnc(C)n1NC(=O)N1c2ccccc2Sc2ccccc21.Cl. The van der Waals surface area contributed by atoms with Crippen molar-refractivity contribution in [3.63, 3.8) is 0 Å². The predicted octanol–water partition coefficient (Wildman–Crippen LogP) is 4.28. The number of benzene rings is 2. The fraction of sp³-hybridized carbons (Fsp3) is 0.118. The zero-order valence-corrected chi connectivity index (χ0v) is 15.3. The van der Waals surface area contributed by atoms with Crippen LogP contribution in [-0.2, 0) is 0 Å². The molecular formula is C17H16ClN5OS. The summed E-state index contributed by atoms with van der Waals surface area (Å²) in [5.74, 6) is 1.27. The molecule has 2 heterocycles. The van der Waals surface area contributed by atoms with Gasteiger partial charge in [0.25, 0.3) is 0 Å². The second kappa shape index (κ2) is 6.78. The Bertz CT molecular complexity index is 877. The maximum absolute atomic E-state index is 13.0. The number of carbonyl (C=O) groups is 1. The van der Waals surface area contributed by atoms with Gasteiger partial charge in [0.15, 0.2) is 0 Å². The van der Waals surface area contributed by atoms with E-state index in [2.05, 4.69) is 15.6 Å². The van der Waals surface area contributed by atoms with Crippen molar-refractivity contribution in [3.05, 3.63) is 60.2 Å². The fourth-order valence-corrected chi connectivity index (χ4v) is 3.76. The van der Waals surface area contributed by atoms with Crippen molar-refractivity contribution >= 4 is 41.6 Å². The first-order valence-electron chi connectivity index (χ1n) is 7.51. The number of halogens is 1. The van der Waals surface area contributed by atoms with Gasteiger partial charge < -0.3 is 0 Å². The molecule has 6 nitrogen and oxygen atoms in total. The van der Waals surface area contributed by atoms with Crippen LogP contribution in [0.5, 0.6) is 0 Å². The molecule has 3 aromatic rings. The second-order valence-corrected chi connectivity index (χ2v) is 6.50. The van der Waals surface area contributed by atoms with Crippen LogP contribution in [0.15, 0.2) is 58.3 Å². The minimum absolute atomic E-state index is 0. The lowest BCUT2D eigenvalue weighted by Gasteiger charge is -2.31. The summed E-state index contributed by atoms with van der Waals surface area (Å²) in [6.45, 7) is 3.60. The van der Waals surface area contributed by atoms with Gasteiger partial charge in [0.05, 0.1) is 11.4 Å². The van der Waals surface area contributed by atoms with Crippen LogP contribution in [0.3, 0.4) is 0 Å². The summed E-state index contributed by atoms with van der Waals surface area (Å²) in [5.41, 5.74) is 4.61. The lowest BCUT2D eigenvalue weighted by atomic mass is 10.2. The number of amides is 2. The molecule has 0 unspecified atom stereocenters. The number of para-hydroxylation sites is 2. The average molecular weight is 374 g/mol. The van der Waals surface area contributed by atoms with Crippen molar-refractivity contribution in [1.29, 1.82) is 0 Å². The molecule has 0 radical (unpaired) electrons. The van der Waals surface area contributed by atoms with E-state index in [0.717, 1.165) is 21.2 Å². The Balaban J connectivity index is 0.00000182. The Hall–Kier alpha value is -2.51. The number of anilines is 2. The molecule has 0 bridgehead atoms. The largest absolute Gasteiger partial charge is 0.345 e. The van der Waals surface area contributed by atoms with E-state index in [-0.39, 0.29) is 18.4 Å². The highest BCUT2D eigenvalue weighted by Crippen LogP contribution is 2.47. The third-order valence-corrected chi connectivity index (χ3v) is 4.96. The molecule has 0 aliphatic carbocycles. The smallest absolute Gasteiger partial charge is 0.259 e. The molecule has 2 aromatic carbocycles. The first-order chi connectivity index (χ1) is 11.6. The van der Waals surface area contributed by atoms with Gasteiger partial charge in [0.2, 0.25) is 0 Å². The number of urea groups is 1. The minimum Gasteiger partial charge on any atom is -0.259 e. The molecule has 0 fully saturated rings. The third-order valence-electron chi connectivity index (χ3n) is 3.83. The van der Waals surface area contributed by atoms with Crippen LogP contribution in [0, 0.1) is 13.8 Å². The first-order valence-corrected chi connectivity index (χ1v) is 8.32. The van der Waals surface area contributed by atoms with E-state index in [9.17, 15) is 4.79 Å². The van der Waals surface area contributed by atoms with Crippen molar-refractivity contribution in [2.24, 2.45) is 0 Å². The van der Waals surface area contributed by atoms with E-state index in [4.69, 9.17) is 0 Å². The van der Waals surface area contributed by atoms with E-state index < -0.39 is 0 Å². The van der Waals surface area contributed by atoms with Crippen molar-refractivity contribution in [3.8, 4) is 0 Å². The quantitative estimate of drug-likeness (QED) is 0.691. The van der Waals surface area contributed by atoms with E-state index in [1.807, 2.05) is 48.5 Å². The molecular weight excluding hydrogens is 358 g/mol. The van der Waals surface area contributed by atoms with Crippen LogP contribution < -0.4 is 10.3 Å². The fourth-order valence-electron chi connectivity index (χ4n) is 2.70. The van der Waals surface area contributed by atoms with Crippen LogP contribution >= 0.6 is 24.2 Å². The number of hydrogen-bond acceptors (Lipinski definition) is 4. The molecule has 1 aliphatic heterocycles. The first kappa shape index (κ1) is 17.3. The van der Waals surface area contributed by atoms with Gasteiger partial charge in [-0.05, 0) is 38.1 Å². The second-order valence-electron chi connectivity index (χ2n) is 5.42. The van der Waals surface area contributed by atoms with Gasteiger partial charge in [-0.3, -0.25) is 4.90 Å². The normalized spacial score (nSPS) is 12.0. The van der Waals surface area contributed by atoms with Crippen molar-refractivity contribution in [1.82, 2.24) is 14.9 Å². The molecule has 1 N–H and O–H groups in total. The Morgan fingerprint density at radius 3 is 1.92 bits per heavy atom. The summed E-state index contributed by atoms with van der Waals surface area (Å²) in [6.07, 6.45) is 0. The summed E-state index contributed by atoms with van der Waals surface area (Å²) in [5, 5.41) is 7.96. The van der Waals surface area contributed by atoms with Crippen molar-refractivity contribution in [2.45, 2.75) is 23.6 Å². The maximum atomic E-state index is 13.0. The highest BCUT2D eigenvalue weighted by atomic mass is 35.5. The molecule has 0 saturated carbocycles. The molecule has 0 spiro atoms. The summed E-state index contributed by atoms with van der Waals surface area (Å²) in [4.78, 5) is 16.8. The number of nitrogens with zero attached hydrogens (tertiary/aromatic N) is 4. The molecule has 25 heavy (non-hydrogen) atoms. The van der Waals surface area contributed by atoms with E-state index in [1.54, 1.807) is 35.2 Å². The summed E-state index contributed by atoms with van der Waals surface area (Å²) in [6, 6.07) is 15.5. The number of fused-ring (bicyclic) bond motifs is 2. The molecule has 128 valence electrons. The monoisotopic (exact) mass is 373 g/mol. The third kappa shape index (κ3) is 2.96. The molecule has 1 aromatic heterocycles. The zero-order valence-electron chi connectivity index (χ0n) is 13.6. The highest BCUT2D eigenvalue weighted by Gasteiger charge is 2.28. The van der Waals surface area contributed by atoms with E-state index >= 15 is 0 Å². The Morgan fingerprint density at radius 1 is 0.920 bits per heavy atom. The molecule has 4 rings (SSSR count). The molecule has 0 saturated heterocycles. The lowest BCUT2D eigenvalue weighted by Crippen LogP contribution is -2.37. The Morgan fingerprint density at radius 2 is 1.40 bits per heavy atom. The van der Waals surface area contributed by atoms with Crippen LogP contribution in [0.2, 0.25) is 0 Å². The summed E-state index contributed by atoms with van der Waals surface area (Å²) in [7, 11) is 0. The van der Waals surface area contributed by atoms with Gasteiger partial charge in [0, 0.05) is 9.79 Å².